The van der Waals surface area contributed by atoms with Gasteiger partial charge >= 0.3 is 0 Å². The van der Waals surface area contributed by atoms with Crippen LogP contribution in [0.15, 0.2) is 30.5 Å². The monoisotopic (exact) mass is 311 g/mol. The van der Waals surface area contributed by atoms with E-state index in [9.17, 15) is 4.79 Å². The van der Waals surface area contributed by atoms with E-state index in [2.05, 4.69) is 48.4 Å². The predicted molar refractivity (Wildman–Crippen MR) is 90.3 cm³/mol. The highest BCUT2D eigenvalue weighted by Crippen LogP contribution is 2.44. The summed E-state index contributed by atoms with van der Waals surface area (Å²) < 4.78 is 1.72. The van der Waals surface area contributed by atoms with E-state index in [-0.39, 0.29) is 5.92 Å². The van der Waals surface area contributed by atoms with Crippen molar-refractivity contribution in [2.24, 2.45) is 13.0 Å². The van der Waals surface area contributed by atoms with E-state index in [1.54, 1.807) is 4.68 Å². The van der Waals surface area contributed by atoms with Crippen molar-refractivity contribution in [2.75, 3.05) is 0 Å². The quantitative estimate of drug-likeness (QED) is 0.784. The smallest absolute Gasteiger partial charge is 0.137 e. The minimum Gasteiger partial charge on any atom is -0.299 e. The lowest BCUT2D eigenvalue weighted by molar-refractivity contribution is -0.118. The number of rotatable bonds is 7. The van der Waals surface area contributed by atoms with Crippen molar-refractivity contribution < 1.29 is 4.79 Å². The zero-order valence-corrected chi connectivity index (χ0v) is 14.2. The van der Waals surface area contributed by atoms with Gasteiger partial charge in [-0.3, -0.25) is 9.48 Å². The van der Waals surface area contributed by atoms with Gasteiger partial charge in [-0.2, -0.15) is 0 Å². The topological polar surface area (TPSA) is 47.8 Å². The van der Waals surface area contributed by atoms with Crippen molar-refractivity contribution in [3.8, 4) is 0 Å². The Kier molecular flexibility index (Phi) is 4.60. The molecule has 1 atom stereocenters. The third-order valence-electron chi connectivity index (χ3n) is 4.69. The average molecular weight is 311 g/mol. The largest absolute Gasteiger partial charge is 0.299 e. The summed E-state index contributed by atoms with van der Waals surface area (Å²) in [6.45, 7) is 4.36. The van der Waals surface area contributed by atoms with Gasteiger partial charge in [0.1, 0.15) is 5.78 Å². The molecule has 23 heavy (non-hydrogen) atoms. The Balaban J connectivity index is 1.63. The molecule has 4 heteroatoms. The molecule has 2 aromatic rings. The van der Waals surface area contributed by atoms with Gasteiger partial charge in [0, 0.05) is 32.0 Å². The van der Waals surface area contributed by atoms with Crippen LogP contribution >= 0.6 is 0 Å². The number of carbonyl (C=O) groups is 1. The summed E-state index contributed by atoms with van der Waals surface area (Å²) in [6, 6.07) is 8.44. The Morgan fingerprint density at radius 1 is 1.26 bits per heavy atom. The lowest BCUT2D eigenvalue weighted by atomic mass is 9.91. The summed E-state index contributed by atoms with van der Waals surface area (Å²) in [5, 5.41) is 8.25. The second kappa shape index (κ2) is 6.65. The maximum Gasteiger partial charge on any atom is 0.137 e. The van der Waals surface area contributed by atoms with Crippen molar-refractivity contribution in [1.82, 2.24) is 15.0 Å². The Morgan fingerprint density at radius 3 is 2.48 bits per heavy atom. The zero-order chi connectivity index (χ0) is 16.4. The molecule has 0 aliphatic heterocycles. The molecule has 1 aliphatic carbocycles. The van der Waals surface area contributed by atoms with Crippen LogP contribution in [0, 0.1) is 5.92 Å². The molecule has 1 heterocycles. The van der Waals surface area contributed by atoms with Crippen LogP contribution in [0.4, 0.5) is 0 Å². The molecule has 0 amide bonds. The minimum absolute atomic E-state index is 0.242. The normalized spacial score (nSPS) is 15.8. The number of benzene rings is 1. The molecule has 1 aromatic carbocycles. The molecule has 0 N–H and O–H groups in total. The van der Waals surface area contributed by atoms with Crippen molar-refractivity contribution >= 4 is 5.78 Å². The van der Waals surface area contributed by atoms with E-state index in [0.29, 0.717) is 30.5 Å². The molecule has 0 radical (unpaired) electrons. The molecule has 1 aromatic heterocycles. The average Bonchev–Trinajstić information content (AvgIpc) is 3.27. The number of aryl methyl sites for hydroxylation is 1. The number of hydrogen-bond acceptors (Lipinski definition) is 3. The van der Waals surface area contributed by atoms with Crippen LogP contribution in [-0.2, 0) is 18.3 Å². The molecule has 1 fully saturated rings. The fourth-order valence-corrected chi connectivity index (χ4v) is 3.11. The van der Waals surface area contributed by atoms with Crippen LogP contribution in [0.25, 0.3) is 0 Å². The van der Waals surface area contributed by atoms with Crippen LogP contribution in [0.2, 0.25) is 0 Å². The summed E-state index contributed by atoms with van der Waals surface area (Å²) >= 11 is 0. The lowest BCUT2D eigenvalue weighted by Crippen LogP contribution is -2.12. The molecule has 3 rings (SSSR count). The Bertz CT molecular complexity index is 668. The fourth-order valence-electron chi connectivity index (χ4n) is 3.11. The van der Waals surface area contributed by atoms with Crippen molar-refractivity contribution in [1.29, 1.82) is 0 Å². The molecule has 1 aliphatic rings. The Hall–Kier alpha value is -1.97. The van der Waals surface area contributed by atoms with E-state index in [4.69, 9.17) is 0 Å². The molecule has 4 nitrogen and oxygen atoms in total. The van der Waals surface area contributed by atoms with E-state index in [1.807, 2.05) is 13.2 Å². The van der Waals surface area contributed by atoms with E-state index < -0.39 is 0 Å². The number of aromatic nitrogens is 3. The molecule has 0 saturated heterocycles. The standard InChI is InChI=1S/C19H25N3O/c1-13(2)15-6-4-14(5-7-15)10-17(23)11-18(16-8-9-16)19-12-22(3)21-20-19/h4-7,12-13,16,18H,8-11H2,1-3H3. The van der Waals surface area contributed by atoms with Crippen LogP contribution < -0.4 is 0 Å². The van der Waals surface area contributed by atoms with Crippen molar-refractivity contribution in [2.45, 2.75) is 51.4 Å². The van der Waals surface area contributed by atoms with Crippen molar-refractivity contribution in [3.63, 3.8) is 0 Å². The number of ketones is 1. The van der Waals surface area contributed by atoms with Crippen molar-refractivity contribution in [3.05, 3.63) is 47.3 Å². The molecule has 122 valence electrons. The third-order valence-corrected chi connectivity index (χ3v) is 4.69. The van der Waals surface area contributed by atoms with Crippen LogP contribution in [0.3, 0.4) is 0 Å². The highest BCUT2D eigenvalue weighted by atomic mass is 16.1. The Morgan fingerprint density at radius 2 is 1.96 bits per heavy atom. The molecule has 0 spiro atoms. The molecule has 1 unspecified atom stereocenters. The van der Waals surface area contributed by atoms with Gasteiger partial charge in [0.25, 0.3) is 0 Å². The van der Waals surface area contributed by atoms with Gasteiger partial charge in [0.05, 0.1) is 5.69 Å². The van der Waals surface area contributed by atoms with E-state index >= 15 is 0 Å². The van der Waals surface area contributed by atoms with Crippen LogP contribution in [0.5, 0.6) is 0 Å². The summed E-state index contributed by atoms with van der Waals surface area (Å²) in [5.74, 6) is 1.67. The first kappa shape index (κ1) is 15.9. The van der Waals surface area contributed by atoms with E-state index in [0.717, 1.165) is 11.3 Å². The number of carbonyl (C=O) groups excluding carboxylic acids is 1. The number of hydrogen-bond donors (Lipinski definition) is 0. The van der Waals surface area contributed by atoms with Gasteiger partial charge in [0.2, 0.25) is 0 Å². The van der Waals surface area contributed by atoms with Gasteiger partial charge in [-0.1, -0.05) is 43.3 Å². The minimum atomic E-state index is 0.242. The third kappa shape index (κ3) is 4.06. The second-order valence-corrected chi connectivity index (χ2v) is 7.08. The first-order valence-electron chi connectivity index (χ1n) is 8.49. The molecule has 0 bridgehead atoms. The second-order valence-electron chi connectivity index (χ2n) is 7.08. The summed E-state index contributed by atoms with van der Waals surface area (Å²) in [4.78, 5) is 12.5. The lowest BCUT2D eigenvalue weighted by Gasteiger charge is -2.12. The maximum atomic E-state index is 12.5. The molecular formula is C19H25N3O. The number of nitrogens with zero attached hydrogens (tertiary/aromatic N) is 3. The van der Waals surface area contributed by atoms with Crippen LogP contribution in [0.1, 0.15) is 61.8 Å². The summed E-state index contributed by atoms with van der Waals surface area (Å²) in [6.07, 6.45) is 5.46. The first-order valence-corrected chi connectivity index (χ1v) is 8.49. The highest BCUT2D eigenvalue weighted by Gasteiger charge is 2.35. The summed E-state index contributed by atoms with van der Waals surface area (Å²) in [5.41, 5.74) is 3.39. The highest BCUT2D eigenvalue weighted by molar-refractivity contribution is 5.81. The maximum absolute atomic E-state index is 12.5. The zero-order valence-electron chi connectivity index (χ0n) is 14.2. The fraction of sp³-hybridized carbons (Fsp3) is 0.526. The van der Waals surface area contributed by atoms with E-state index in [1.165, 1.54) is 18.4 Å². The number of Topliss-reactive ketones (excluding diaryl/α,β-unsaturated/α-hetero) is 1. The van der Waals surface area contributed by atoms with Gasteiger partial charge < -0.3 is 0 Å². The Labute approximate surface area is 137 Å². The first-order chi connectivity index (χ1) is 11.0. The predicted octanol–water partition coefficient (Wildman–Crippen LogP) is 3.63. The molecule has 1 saturated carbocycles. The van der Waals surface area contributed by atoms with Gasteiger partial charge in [0.15, 0.2) is 0 Å². The SMILES string of the molecule is CC(C)c1ccc(CC(=O)CC(c2cn(C)nn2)C2CC2)cc1. The van der Waals surface area contributed by atoms with Gasteiger partial charge in [-0.25, -0.2) is 0 Å². The van der Waals surface area contributed by atoms with Crippen LogP contribution in [-0.4, -0.2) is 20.8 Å². The summed E-state index contributed by atoms with van der Waals surface area (Å²) in [7, 11) is 1.87. The van der Waals surface area contributed by atoms with Gasteiger partial charge in [-0.15, -0.1) is 5.10 Å². The van der Waals surface area contributed by atoms with Gasteiger partial charge in [-0.05, 0) is 35.8 Å². The molecular weight excluding hydrogens is 286 g/mol.